The minimum absolute atomic E-state index is 0.165. The van der Waals surface area contributed by atoms with Crippen molar-refractivity contribution in [2.75, 3.05) is 11.9 Å². The second-order valence-corrected chi connectivity index (χ2v) is 4.54. The molecule has 2 rings (SSSR count). The van der Waals surface area contributed by atoms with Gasteiger partial charge in [-0.05, 0) is 25.0 Å². The van der Waals surface area contributed by atoms with Gasteiger partial charge in [-0.15, -0.1) is 0 Å². The van der Waals surface area contributed by atoms with E-state index in [2.05, 4.69) is 9.88 Å². The lowest BCUT2D eigenvalue weighted by Gasteiger charge is -2.36. The number of rotatable bonds is 2. The van der Waals surface area contributed by atoms with Crippen molar-refractivity contribution in [1.82, 2.24) is 4.98 Å². The highest BCUT2D eigenvalue weighted by Crippen LogP contribution is 2.26. The molecule has 2 atom stereocenters. The molecule has 1 N–H and O–H groups in total. The van der Waals surface area contributed by atoms with Gasteiger partial charge in [0.1, 0.15) is 11.8 Å². The third kappa shape index (κ3) is 2.56. The summed E-state index contributed by atoms with van der Waals surface area (Å²) in [5.41, 5.74) is 1.38. The zero-order valence-electron chi connectivity index (χ0n) is 10.0. The molecule has 17 heavy (non-hydrogen) atoms. The van der Waals surface area contributed by atoms with Crippen LogP contribution in [0, 0.1) is 11.3 Å². The van der Waals surface area contributed by atoms with Crippen molar-refractivity contribution < 1.29 is 5.11 Å². The molecule has 4 nitrogen and oxygen atoms in total. The van der Waals surface area contributed by atoms with Crippen molar-refractivity contribution in [1.29, 1.82) is 5.26 Å². The summed E-state index contributed by atoms with van der Waals surface area (Å²) in [6.45, 7) is 0. The van der Waals surface area contributed by atoms with E-state index in [1.54, 1.807) is 12.3 Å². The predicted octanol–water partition coefficient (Wildman–Crippen LogP) is 1.69. The van der Waals surface area contributed by atoms with E-state index in [9.17, 15) is 5.11 Å². The third-order valence-electron chi connectivity index (χ3n) is 3.46. The zero-order chi connectivity index (χ0) is 12.3. The summed E-state index contributed by atoms with van der Waals surface area (Å²) >= 11 is 0. The predicted molar refractivity (Wildman–Crippen MR) is 65.6 cm³/mol. The average Bonchev–Trinajstić information content (AvgIpc) is 2.39. The molecule has 0 bridgehead atoms. The smallest absolute Gasteiger partial charge is 0.140 e. The summed E-state index contributed by atoms with van der Waals surface area (Å²) in [6, 6.07) is 5.76. The number of hydrogen-bond acceptors (Lipinski definition) is 4. The van der Waals surface area contributed by atoms with E-state index in [-0.39, 0.29) is 12.1 Å². The fraction of sp³-hybridized carbons (Fsp3) is 0.538. The van der Waals surface area contributed by atoms with Crippen LogP contribution in [0.5, 0.6) is 0 Å². The lowest BCUT2D eigenvalue weighted by Crippen LogP contribution is -2.43. The molecule has 0 radical (unpaired) electrons. The number of nitrogens with zero attached hydrogens (tertiary/aromatic N) is 3. The minimum Gasteiger partial charge on any atom is -0.391 e. The van der Waals surface area contributed by atoms with Gasteiger partial charge in [0.2, 0.25) is 0 Å². The van der Waals surface area contributed by atoms with Gasteiger partial charge in [0, 0.05) is 7.05 Å². The van der Waals surface area contributed by atoms with Crippen LogP contribution in [0.4, 0.5) is 5.69 Å². The molecule has 0 aliphatic heterocycles. The zero-order valence-corrected chi connectivity index (χ0v) is 10.0. The quantitative estimate of drug-likeness (QED) is 0.841. The number of likely N-dealkylation sites (N-methyl/N-ethyl adjacent to an activating group) is 1. The standard InChI is InChI=1S/C13H17N3O/c1-16(12-4-2-3-5-13(12)17)11-7-6-10(8-14)15-9-11/h6-7,9,12-13,17H,2-5H2,1H3. The van der Waals surface area contributed by atoms with Crippen LogP contribution in [-0.2, 0) is 0 Å². The van der Waals surface area contributed by atoms with Gasteiger partial charge < -0.3 is 10.0 Å². The first-order valence-corrected chi connectivity index (χ1v) is 5.99. The van der Waals surface area contributed by atoms with Crippen molar-refractivity contribution in [3.63, 3.8) is 0 Å². The molecule has 1 aliphatic carbocycles. The van der Waals surface area contributed by atoms with Crippen LogP contribution in [0.3, 0.4) is 0 Å². The maximum atomic E-state index is 9.99. The highest BCUT2D eigenvalue weighted by atomic mass is 16.3. The molecule has 1 aliphatic rings. The van der Waals surface area contributed by atoms with Gasteiger partial charge in [0.25, 0.3) is 0 Å². The van der Waals surface area contributed by atoms with Crippen molar-refractivity contribution in [2.45, 2.75) is 37.8 Å². The second-order valence-electron chi connectivity index (χ2n) is 4.54. The molecule has 2 unspecified atom stereocenters. The Labute approximate surface area is 102 Å². The van der Waals surface area contributed by atoms with E-state index >= 15 is 0 Å². The molecular weight excluding hydrogens is 214 g/mol. The first kappa shape index (κ1) is 11.9. The van der Waals surface area contributed by atoms with E-state index in [1.165, 1.54) is 0 Å². The number of aliphatic hydroxyl groups is 1. The summed E-state index contributed by atoms with van der Waals surface area (Å²) < 4.78 is 0. The van der Waals surface area contributed by atoms with E-state index in [0.717, 1.165) is 31.4 Å². The Morgan fingerprint density at radius 1 is 1.41 bits per heavy atom. The molecule has 0 saturated heterocycles. The van der Waals surface area contributed by atoms with Crippen molar-refractivity contribution >= 4 is 5.69 Å². The van der Waals surface area contributed by atoms with Gasteiger partial charge in [-0.25, -0.2) is 4.98 Å². The Balaban J connectivity index is 2.12. The molecule has 0 aromatic carbocycles. The van der Waals surface area contributed by atoms with E-state index < -0.39 is 0 Å². The summed E-state index contributed by atoms with van der Waals surface area (Å²) in [7, 11) is 1.97. The van der Waals surface area contributed by atoms with Crippen LogP contribution < -0.4 is 4.90 Å². The number of anilines is 1. The molecule has 0 spiro atoms. The number of aromatic nitrogens is 1. The number of aliphatic hydroxyl groups excluding tert-OH is 1. The molecule has 1 saturated carbocycles. The molecule has 1 fully saturated rings. The first-order valence-electron chi connectivity index (χ1n) is 5.99. The van der Waals surface area contributed by atoms with E-state index in [1.807, 2.05) is 19.2 Å². The summed E-state index contributed by atoms with van der Waals surface area (Å²) in [5, 5.41) is 18.7. The average molecular weight is 231 g/mol. The number of hydrogen-bond donors (Lipinski definition) is 1. The lowest BCUT2D eigenvalue weighted by molar-refractivity contribution is 0.106. The number of nitriles is 1. The molecule has 4 heteroatoms. The summed E-state index contributed by atoms with van der Waals surface area (Å²) in [4.78, 5) is 6.12. The number of pyridine rings is 1. The lowest BCUT2D eigenvalue weighted by atomic mass is 9.91. The van der Waals surface area contributed by atoms with Crippen LogP contribution in [0.1, 0.15) is 31.4 Å². The van der Waals surface area contributed by atoms with Gasteiger partial charge in [0.15, 0.2) is 0 Å². The molecule has 1 heterocycles. The van der Waals surface area contributed by atoms with Crippen LogP contribution in [0.25, 0.3) is 0 Å². The first-order chi connectivity index (χ1) is 8.22. The molecule has 1 aromatic rings. The van der Waals surface area contributed by atoms with Gasteiger partial charge in [-0.3, -0.25) is 0 Å². The van der Waals surface area contributed by atoms with Gasteiger partial charge >= 0.3 is 0 Å². The largest absolute Gasteiger partial charge is 0.391 e. The fourth-order valence-corrected chi connectivity index (χ4v) is 2.40. The van der Waals surface area contributed by atoms with Gasteiger partial charge in [0.05, 0.1) is 24.0 Å². The van der Waals surface area contributed by atoms with Crippen LogP contribution >= 0.6 is 0 Å². The molecule has 1 aromatic heterocycles. The van der Waals surface area contributed by atoms with E-state index in [0.29, 0.717) is 5.69 Å². The Bertz CT molecular complexity index is 410. The molecule has 0 amide bonds. The second kappa shape index (κ2) is 5.15. The normalized spacial score (nSPS) is 24.1. The monoisotopic (exact) mass is 231 g/mol. The fourth-order valence-electron chi connectivity index (χ4n) is 2.40. The summed E-state index contributed by atoms with van der Waals surface area (Å²) in [6.07, 6.45) is 5.59. The van der Waals surface area contributed by atoms with E-state index in [4.69, 9.17) is 5.26 Å². The Morgan fingerprint density at radius 2 is 2.18 bits per heavy atom. The third-order valence-corrected chi connectivity index (χ3v) is 3.46. The van der Waals surface area contributed by atoms with Crippen LogP contribution in [0.2, 0.25) is 0 Å². The van der Waals surface area contributed by atoms with Crippen LogP contribution in [0.15, 0.2) is 18.3 Å². The van der Waals surface area contributed by atoms with Crippen LogP contribution in [-0.4, -0.2) is 29.3 Å². The van der Waals surface area contributed by atoms with Crippen molar-refractivity contribution in [2.24, 2.45) is 0 Å². The molecule has 90 valence electrons. The maximum Gasteiger partial charge on any atom is 0.140 e. The van der Waals surface area contributed by atoms with Gasteiger partial charge in [-0.1, -0.05) is 12.8 Å². The minimum atomic E-state index is -0.260. The maximum absolute atomic E-state index is 9.99. The Morgan fingerprint density at radius 3 is 2.76 bits per heavy atom. The highest BCUT2D eigenvalue weighted by molar-refractivity contribution is 5.46. The molecular formula is C13H17N3O. The topological polar surface area (TPSA) is 60.2 Å². The van der Waals surface area contributed by atoms with Crippen molar-refractivity contribution in [3.05, 3.63) is 24.0 Å². The van der Waals surface area contributed by atoms with Crippen molar-refractivity contribution in [3.8, 4) is 6.07 Å². The Kier molecular flexibility index (Phi) is 3.60. The van der Waals surface area contributed by atoms with Gasteiger partial charge in [-0.2, -0.15) is 5.26 Å². The summed E-state index contributed by atoms with van der Waals surface area (Å²) in [5.74, 6) is 0. The highest BCUT2D eigenvalue weighted by Gasteiger charge is 2.26. The SMILES string of the molecule is CN(c1ccc(C#N)nc1)C1CCCCC1O. The Hall–Kier alpha value is -1.60.